The summed E-state index contributed by atoms with van der Waals surface area (Å²) in [7, 11) is -2.29. The molecule has 0 aromatic heterocycles. The highest BCUT2D eigenvalue weighted by Crippen LogP contribution is 2.30. The van der Waals surface area contributed by atoms with Gasteiger partial charge < -0.3 is 11.1 Å². The molecule has 0 spiro atoms. The van der Waals surface area contributed by atoms with Gasteiger partial charge in [0.05, 0.1) is 27.0 Å². The number of nitrogens with two attached hydrogens (primary N) is 1. The van der Waals surface area contributed by atoms with E-state index in [4.69, 9.17) is 17.3 Å². The normalized spacial score (nSPS) is 11.4. The zero-order valence-electron chi connectivity index (χ0n) is 11.0. The molecule has 0 saturated carbocycles. The SMILES string of the molecule is CNS(=O)(=O)c1ccc(N)c(Nc2cc(F)ccc2Cl)c1. The van der Waals surface area contributed by atoms with E-state index in [-0.39, 0.29) is 9.92 Å². The van der Waals surface area contributed by atoms with Crippen molar-refractivity contribution in [1.29, 1.82) is 0 Å². The van der Waals surface area contributed by atoms with Crippen LogP contribution in [-0.4, -0.2) is 15.5 Å². The smallest absolute Gasteiger partial charge is 0.240 e. The number of rotatable bonds is 4. The molecular formula is C13H13ClFN3O2S. The Bertz CT molecular complexity index is 781. The molecule has 5 nitrogen and oxygen atoms in total. The molecule has 0 unspecified atom stereocenters. The molecule has 0 radical (unpaired) electrons. The van der Waals surface area contributed by atoms with Crippen LogP contribution in [0.3, 0.4) is 0 Å². The molecule has 0 heterocycles. The summed E-state index contributed by atoms with van der Waals surface area (Å²) in [6, 6.07) is 7.98. The highest BCUT2D eigenvalue weighted by Gasteiger charge is 2.14. The fraction of sp³-hybridized carbons (Fsp3) is 0.0769. The predicted molar refractivity (Wildman–Crippen MR) is 81.8 cm³/mol. The van der Waals surface area contributed by atoms with E-state index in [1.165, 1.54) is 43.4 Å². The fourth-order valence-corrected chi connectivity index (χ4v) is 2.59. The second-order valence-electron chi connectivity index (χ2n) is 4.21. The molecule has 2 rings (SSSR count). The number of sulfonamides is 1. The molecule has 0 aliphatic rings. The monoisotopic (exact) mass is 329 g/mol. The van der Waals surface area contributed by atoms with Gasteiger partial charge in [-0.05, 0) is 43.4 Å². The van der Waals surface area contributed by atoms with Gasteiger partial charge in [0.15, 0.2) is 0 Å². The van der Waals surface area contributed by atoms with Crippen molar-refractivity contribution < 1.29 is 12.8 Å². The first kappa shape index (κ1) is 15.6. The third kappa shape index (κ3) is 3.44. The molecule has 112 valence electrons. The second kappa shape index (κ2) is 5.88. The molecule has 0 saturated heterocycles. The van der Waals surface area contributed by atoms with Crippen molar-refractivity contribution in [1.82, 2.24) is 4.72 Å². The number of hydrogen-bond donors (Lipinski definition) is 3. The lowest BCUT2D eigenvalue weighted by Gasteiger charge is -2.12. The lowest BCUT2D eigenvalue weighted by atomic mass is 10.2. The predicted octanol–water partition coefficient (Wildman–Crippen LogP) is 2.71. The lowest BCUT2D eigenvalue weighted by Crippen LogP contribution is -2.18. The number of anilines is 3. The molecule has 0 fully saturated rings. The van der Waals surface area contributed by atoms with Crippen LogP contribution >= 0.6 is 11.6 Å². The highest BCUT2D eigenvalue weighted by atomic mass is 35.5. The zero-order valence-corrected chi connectivity index (χ0v) is 12.6. The van der Waals surface area contributed by atoms with Gasteiger partial charge in [-0.1, -0.05) is 11.6 Å². The third-order valence-electron chi connectivity index (χ3n) is 2.80. The highest BCUT2D eigenvalue weighted by molar-refractivity contribution is 7.89. The summed E-state index contributed by atoms with van der Waals surface area (Å²) in [5.74, 6) is -0.473. The van der Waals surface area contributed by atoms with Crippen LogP contribution < -0.4 is 15.8 Å². The molecule has 4 N–H and O–H groups in total. The molecule has 0 aliphatic carbocycles. The second-order valence-corrected chi connectivity index (χ2v) is 6.50. The maximum atomic E-state index is 13.2. The van der Waals surface area contributed by atoms with Gasteiger partial charge in [0, 0.05) is 0 Å². The third-order valence-corrected chi connectivity index (χ3v) is 4.54. The Morgan fingerprint density at radius 1 is 1.14 bits per heavy atom. The van der Waals surface area contributed by atoms with Gasteiger partial charge in [0.25, 0.3) is 0 Å². The van der Waals surface area contributed by atoms with Crippen molar-refractivity contribution in [3.8, 4) is 0 Å². The van der Waals surface area contributed by atoms with Crippen LogP contribution in [0.4, 0.5) is 21.5 Å². The van der Waals surface area contributed by atoms with Crippen molar-refractivity contribution in [3.63, 3.8) is 0 Å². The topological polar surface area (TPSA) is 84.2 Å². The molecule has 0 aliphatic heterocycles. The van der Waals surface area contributed by atoms with E-state index < -0.39 is 15.8 Å². The van der Waals surface area contributed by atoms with E-state index in [1.807, 2.05) is 0 Å². The molecule has 0 atom stereocenters. The first-order valence-electron chi connectivity index (χ1n) is 5.88. The van der Waals surface area contributed by atoms with Gasteiger partial charge >= 0.3 is 0 Å². The lowest BCUT2D eigenvalue weighted by molar-refractivity contribution is 0.588. The molecule has 2 aromatic rings. The number of nitrogen functional groups attached to an aromatic ring is 1. The average molecular weight is 330 g/mol. The molecule has 8 heteroatoms. The summed E-state index contributed by atoms with van der Waals surface area (Å²) in [5.41, 5.74) is 6.72. The Balaban J connectivity index is 2.45. The van der Waals surface area contributed by atoms with Gasteiger partial charge in [-0.3, -0.25) is 0 Å². The minimum Gasteiger partial charge on any atom is -0.397 e. The molecular weight excluding hydrogens is 317 g/mol. The quantitative estimate of drug-likeness (QED) is 0.753. The molecule has 2 aromatic carbocycles. The Kier molecular flexibility index (Phi) is 4.36. The Morgan fingerprint density at radius 3 is 2.52 bits per heavy atom. The van der Waals surface area contributed by atoms with E-state index in [1.54, 1.807) is 0 Å². The van der Waals surface area contributed by atoms with E-state index in [0.29, 0.717) is 17.1 Å². The van der Waals surface area contributed by atoms with Gasteiger partial charge in [-0.2, -0.15) is 0 Å². The largest absolute Gasteiger partial charge is 0.397 e. The summed E-state index contributed by atoms with van der Waals surface area (Å²) in [6.07, 6.45) is 0. The van der Waals surface area contributed by atoms with Gasteiger partial charge in [-0.25, -0.2) is 17.5 Å². The average Bonchev–Trinajstić information content (AvgIpc) is 2.45. The van der Waals surface area contributed by atoms with E-state index >= 15 is 0 Å². The number of benzene rings is 2. The van der Waals surface area contributed by atoms with Crippen molar-refractivity contribution in [2.45, 2.75) is 4.90 Å². The van der Waals surface area contributed by atoms with Crippen LogP contribution in [0.25, 0.3) is 0 Å². The Hall–Kier alpha value is -1.83. The zero-order chi connectivity index (χ0) is 15.6. The van der Waals surface area contributed by atoms with Crippen LogP contribution in [0.15, 0.2) is 41.3 Å². The fourth-order valence-electron chi connectivity index (χ4n) is 1.67. The first-order chi connectivity index (χ1) is 9.83. The minimum atomic E-state index is -3.60. The van der Waals surface area contributed by atoms with Crippen LogP contribution in [0, 0.1) is 5.82 Å². The summed E-state index contributed by atoms with van der Waals surface area (Å²) in [5, 5.41) is 3.12. The minimum absolute atomic E-state index is 0.0363. The number of hydrogen-bond acceptors (Lipinski definition) is 4. The van der Waals surface area contributed by atoms with Crippen LogP contribution in [0.2, 0.25) is 5.02 Å². The van der Waals surface area contributed by atoms with Gasteiger partial charge in [-0.15, -0.1) is 0 Å². The van der Waals surface area contributed by atoms with Crippen molar-refractivity contribution >= 4 is 38.7 Å². The molecule has 0 amide bonds. The number of halogens is 2. The standard InChI is InChI=1S/C13H13ClFN3O2S/c1-17-21(19,20)9-3-5-11(16)13(7-9)18-12-6-8(15)2-4-10(12)14/h2-7,17-18H,16H2,1H3. The molecule has 0 bridgehead atoms. The van der Waals surface area contributed by atoms with Gasteiger partial charge in [0.2, 0.25) is 10.0 Å². The van der Waals surface area contributed by atoms with E-state index in [0.717, 1.165) is 0 Å². The summed E-state index contributed by atoms with van der Waals surface area (Å²) >= 11 is 5.95. The first-order valence-corrected chi connectivity index (χ1v) is 7.75. The van der Waals surface area contributed by atoms with Crippen molar-refractivity contribution in [2.24, 2.45) is 0 Å². The van der Waals surface area contributed by atoms with Crippen LogP contribution in [-0.2, 0) is 10.0 Å². The van der Waals surface area contributed by atoms with E-state index in [9.17, 15) is 12.8 Å². The van der Waals surface area contributed by atoms with Crippen molar-refractivity contribution in [3.05, 3.63) is 47.2 Å². The maximum absolute atomic E-state index is 13.2. The van der Waals surface area contributed by atoms with Gasteiger partial charge in [0.1, 0.15) is 5.82 Å². The summed E-state index contributed by atoms with van der Waals surface area (Å²) in [4.78, 5) is 0.0363. The maximum Gasteiger partial charge on any atom is 0.240 e. The number of nitrogens with one attached hydrogen (secondary N) is 2. The van der Waals surface area contributed by atoms with Crippen LogP contribution in [0.1, 0.15) is 0 Å². The van der Waals surface area contributed by atoms with E-state index in [2.05, 4.69) is 10.0 Å². The summed E-state index contributed by atoms with van der Waals surface area (Å²) in [6.45, 7) is 0. The summed E-state index contributed by atoms with van der Waals surface area (Å²) < 4.78 is 39.0. The molecule has 21 heavy (non-hydrogen) atoms. The Morgan fingerprint density at radius 2 is 1.86 bits per heavy atom. The Labute approximate surface area is 127 Å². The van der Waals surface area contributed by atoms with Crippen molar-refractivity contribution in [2.75, 3.05) is 18.1 Å². The van der Waals surface area contributed by atoms with Crippen LogP contribution in [0.5, 0.6) is 0 Å².